The first kappa shape index (κ1) is 16.3. The average molecular weight is 383 g/mol. The Labute approximate surface area is 148 Å². The molecule has 2 amide bonds. The quantitative estimate of drug-likeness (QED) is 0.566. The highest BCUT2D eigenvalue weighted by atomic mass is 32.3. The van der Waals surface area contributed by atoms with E-state index in [0.29, 0.717) is 27.9 Å². The molecule has 10 nitrogen and oxygen atoms in total. The number of carbonyl (C=O) groups excluding carboxylic acids is 1. The van der Waals surface area contributed by atoms with Crippen LogP contribution in [0.2, 0.25) is 0 Å². The van der Waals surface area contributed by atoms with Crippen LogP contribution in [0.25, 0.3) is 10.6 Å². The van der Waals surface area contributed by atoms with Crippen LogP contribution in [0.15, 0.2) is 24.5 Å². The predicted octanol–water partition coefficient (Wildman–Crippen LogP) is 1.05. The summed E-state index contributed by atoms with van der Waals surface area (Å²) in [4.78, 5) is 17.8. The summed E-state index contributed by atoms with van der Waals surface area (Å²) in [6, 6.07) is 2.21. The highest BCUT2D eigenvalue weighted by molar-refractivity contribution is 7.80. The number of carbonyl (C=O) groups is 1. The smallest absolute Gasteiger partial charge is 0.724 e. The molecule has 0 saturated carbocycles. The minimum atomic E-state index is -5.00. The number of piperidine rings is 1. The van der Waals surface area contributed by atoms with Crippen molar-refractivity contribution in [2.75, 3.05) is 6.54 Å². The van der Waals surface area contributed by atoms with Crippen molar-refractivity contribution >= 4 is 27.8 Å². The zero-order chi connectivity index (χ0) is 17.6. The zero-order valence-corrected chi connectivity index (χ0v) is 14.3. The van der Waals surface area contributed by atoms with Crippen molar-refractivity contribution in [2.45, 2.75) is 24.9 Å². The second-order valence-corrected chi connectivity index (χ2v) is 7.65. The molecule has 4 rings (SSSR count). The summed E-state index contributed by atoms with van der Waals surface area (Å²) in [6.45, 7) is 0.281. The molecule has 2 bridgehead atoms. The lowest BCUT2D eigenvalue weighted by Gasteiger charge is -2.28. The first-order chi connectivity index (χ1) is 11.9. The highest BCUT2D eigenvalue weighted by Crippen LogP contribution is 2.40. The van der Waals surface area contributed by atoms with Crippen LogP contribution in [0.5, 0.6) is 0 Å². The van der Waals surface area contributed by atoms with Crippen LogP contribution in [0.3, 0.4) is 0 Å². The zero-order valence-electron chi connectivity index (χ0n) is 13.7. The van der Waals surface area contributed by atoms with Crippen molar-refractivity contribution in [1.82, 2.24) is 25.1 Å². The van der Waals surface area contributed by atoms with E-state index in [1.807, 2.05) is 12.1 Å². The fourth-order valence-corrected chi connectivity index (χ4v) is 4.44. The number of rotatable bonds is 4. The lowest BCUT2D eigenvalue weighted by Crippen LogP contribution is -2.35. The van der Waals surface area contributed by atoms with Gasteiger partial charge < -0.3 is 9.45 Å². The number of urea groups is 1. The molecule has 2 aromatic rings. The minimum Gasteiger partial charge on any atom is -0.724 e. The molecule has 2 atom stereocenters. The van der Waals surface area contributed by atoms with Gasteiger partial charge in [-0.25, -0.2) is 13.2 Å². The van der Waals surface area contributed by atoms with Crippen molar-refractivity contribution in [1.29, 1.82) is 0 Å². The SMILES string of the molecule is O=C1N2C[C@@H](CC[C@H]2c2nnc(-c3ccncc3)s2)N1OS(=O)(=O)[O-].[H+]. The first-order valence-electron chi connectivity index (χ1n) is 7.41. The Morgan fingerprint density at radius 2 is 2.04 bits per heavy atom. The Bertz CT molecular complexity index is 909. The van der Waals surface area contributed by atoms with E-state index in [9.17, 15) is 17.8 Å². The van der Waals surface area contributed by atoms with Crippen LogP contribution in [-0.4, -0.2) is 56.7 Å². The average Bonchev–Trinajstić information content (AvgIpc) is 3.16. The summed E-state index contributed by atoms with van der Waals surface area (Å²) in [7, 11) is -5.00. The summed E-state index contributed by atoms with van der Waals surface area (Å²) in [6.07, 6.45) is 4.40. The molecule has 2 aromatic heterocycles. The summed E-state index contributed by atoms with van der Waals surface area (Å²) < 4.78 is 36.8. The monoisotopic (exact) mass is 383 g/mol. The van der Waals surface area contributed by atoms with Gasteiger partial charge in [-0.3, -0.25) is 4.98 Å². The Kier molecular flexibility index (Phi) is 3.91. The molecule has 2 aliphatic rings. The molecule has 0 N–H and O–H groups in total. The third-order valence-corrected chi connectivity index (χ3v) is 5.56. The molecular weight excluding hydrogens is 370 g/mol. The van der Waals surface area contributed by atoms with Crippen molar-refractivity contribution in [3.63, 3.8) is 0 Å². The summed E-state index contributed by atoms with van der Waals surface area (Å²) in [5.41, 5.74) is 0.877. The highest BCUT2D eigenvalue weighted by Gasteiger charge is 2.47. The van der Waals surface area contributed by atoms with Crippen molar-refractivity contribution in [3.8, 4) is 10.6 Å². The minimum absolute atomic E-state index is 0. The number of amides is 2. The maximum absolute atomic E-state index is 12.4. The van der Waals surface area contributed by atoms with Crippen LogP contribution >= 0.6 is 11.3 Å². The van der Waals surface area contributed by atoms with Gasteiger partial charge >= 0.3 is 7.46 Å². The van der Waals surface area contributed by atoms with Gasteiger partial charge in [0.2, 0.25) is 10.4 Å². The van der Waals surface area contributed by atoms with E-state index in [-0.39, 0.29) is 14.0 Å². The van der Waals surface area contributed by atoms with Crippen molar-refractivity contribution in [3.05, 3.63) is 29.5 Å². The summed E-state index contributed by atoms with van der Waals surface area (Å²) in [5.74, 6) is 0. The maximum atomic E-state index is 12.4. The van der Waals surface area contributed by atoms with E-state index in [1.165, 1.54) is 16.2 Å². The molecule has 0 unspecified atom stereocenters. The van der Waals surface area contributed by atoms with Gasteiger partial charge in [0.25, 0.3) is 0 Å². The Balaban J connectivity index is 0.00000196. The largest absolute Gasteiger partial charge is 1.00 e. The molecule has 12 heteroatoms. The van der Waals surface area contributed by atoms with Crippen molar-refractivity contribution in [2.24, 2.45) is 0 Å². The molecule has 0 spiro atoms. The molecular formula is C13H13N5O5S2. The predicted molar refractivity (Wildman–Crippen MR) is 84.7 cm³/mol. The number of hydrogen-bond acceptors (Lipinski definition) is 9. The lowest BCUT2D eigenvalue weighted by atomic mass is 10.0. The van der Waals surface area contributed by atoms with Gasteiger partial charge in [0.1, 0.15) is 10.0 Å². The van der Waals surface area contributed by atoms with Crippen LogP contribution in [0.1, 0.15) is 25.3 Å². The fourth-order valence-electron chi connectivity index (χ4n) is 3.07. The second-order valence-electron chi connectivity index (χ2n) is 5.67. The second kappa shape index (κ2) is 5.98. The van der Waals surface area contributed by atoms with E-state index in [4.69, 9.17) is 0 Å². The number of fused-ring (bicyclic) bond motifs is 2. The number of nitrogens with zero attached hydrogens (tertiary/aromatic N) is 5. The molecule has 2 fully saturated rings. The Morgan fingerprint density at radius 1 is 1.28 bits per heavy atom. The van der Waals surface area contributed by atoms with Gasteiger partial charge in [-0.2, -0.15) is 9.35 Å². The fraction of sp³-hybridized carbons (Fsp3) is 0.385. The van der Waals surface area contributed by atoms with Gasteiger partial charge in [-0.15, -0.1) is 10.2 Å². The number of aromatic nitrogens is 3. The molecule has 0 aromatic carbocycles. The van der Waals surface area contributed by atoms with Gasteiger partial charge in [0.15, 0.2) is 0 Å². The lowest BCUT2D eigenvalue weighted by molar-refractivity contribution is -0.0327. The number of hydroxylamine groups is 2. The van der Waals surface area contributed by atoms with E-state index in [0.717, 1.165) is 5.56 Å². The number of hydrogen-bond donors (Lipinski definition) is 0. The van der Waals surface area contributed by atoms with Crippen LogP contribution in [-0.2, 0) is 14.7 Å². The molecule has 25 heavy (non-hydrogen) atoms. The third kappa shape index (κ3) is 3.08. The van der Waals surface area contributed by atoms with E-state index < -0.39 is 22.5 Å². The van der Waals surface area contributed by atoms with Crippen LogP contribution in [0.4, 0.5) is 4.79 Å². The van der Waals surface area contributed by atoms with Crippen LogP contribution in [0, 0.1) is 0 Å². The van der Waals surface area contributed by atoms with Crippen molar-refractivity contribution < 1.29 is 23.5 Å². The number of pyridine rings is 1. The molecule has 0 aliphatic carbocycles. The Hall–Kier alpha value is -2.15. The third-order valence-electron chi connectivity index (χ3n) is 4.15. The topological polar surface area (TPSA) is 129 Å². The normalized spacial score (nSPS) is 23.3. The van der Waals surface area contributed by atoms with Crippen LogP contribution < -0.4 is 0 Å². The molecule has 2 aliphatic heterocycles. The standard InChI is InChI=1S/C13H13N5O5S2/c19-13-17-7-9(18(13)23-25(20,21)22)1-2-10(17)12-16-15-11(24-12)8-3-5-14-6-4-8/h3-6,9-10H,1-2,7H2,(H,20,21,22)/t9-,10+/m1/s1. The van der Waals surface area contributed by atoms with Gasteiger partial charge in [-0.1, -0.05) is 11.3 Å². The summed E-state index contributed by atoms with van der Waals surface area (Å²) in [5, 5.41) is 10.4. The molecule has 2 saturated heterocycles. The van der Waals surface area contributed by atoms with Gasteiger partial charge in [0, 0.05) is 24.5 Å². The molecule has 4 heterocycles. The van der Waals surface area contributed by atoms with E-state index in [2.05, 4.69) is 19.5 Å². The maximum Gasteiger partial charge on any atom is 1.00 e. The summed E-state index contributed by atoms with van der Waals surface area (Å²) >= 11 is 1.36. The molecule has 132 valence electrons. The Morgan fingerprint density at radius 3 is 2.76 bits per heavy atom. The molecule has 0 radical (unpaired) electrons. The first-order valence-corrected chi connectivity index (χ1v) is 9.56. The van der Waals surface area contributed by atoms with E-state index in [1.54, 1.807) is 12.4 Å². The van der Waals surface area contributed by atoms with Gasteiger partial charge in [-0.05, 0) is 25.0 Å². The van der Waals surface area contributed by atoms with E-state index >= 15 is 0 Å². The van der Waals surface area contributed by atoms with Gasteiger partial charge in [0.05, 0.1) is 12.1 Å².